The number of likely N-dealkylation sites (tertiary alicyclic amines) is 1. The van der Waals surface area contributed by atoms with Gasteiger partial charge in [-0.25, -0.2) is 0 Å². The first-order chi connectivity index (χ1) is 12.3. The smallest absolute Gasteiger partial charge is 0.0743 e. The summed E-state index contributed by atoms with van der Waals surface area (Å²) in [6.07, 6.45) is 10.5. The van der Waals surface area contributed by atoms with Gasteiger partial charge >= 0.3 is 0 Å². The van der Waals surface area contributed by atoms with E-state index in [1.165, 1.54) is 11.1 Å². The monoisotopic (exact) mass is 341 g/mol. The molecule has 0 radical (unpaired) electrons. The van der Waals surface area contributed by atoms with Crippen LogP contribution >= 0.6 is 0 Å². The molecule has 4 heterocycles. The summed E-state index contributed by atoms with van der Waals surface area (Å²) < 4.78 is 8.01. The molecule has 0 aromatic carbocycles. The average molecular weight is 341 g/mol. The van der Waals surface area contributed by atoms with Crippen LogP contribution in [0.3, 0.4) is 0 Å². The van der Waals surface area contributed by atoms with Gasteiger partial charge in [-0.15, -0.1) is 0 Å². The van der Waals surface area contributed by atoms with E-state index in [9.17, 15) is 0 Å². The quantitative estimate of drug-likeness (QED) is 0.847. The average Bonchev–Trinajstić information content (AvgIpc) is 2.92. The Morgan fingerprint density at radius 2 is 2.04 bits per heavy atom. The summed E-state index contributed by atoms with van der Waals surface area (Å²) in [6.45, 7) is 6.01. The van der Waals surface area contributed by atoms with Crippen molar-refractivity contribution in [2.75, 3.05) is 26.2 Å². The lowest BCUT2D eigenvalue weighted by atomic mass is 10.0. The van der Waals surface area contributed by atoms with E-state index in [2.05, 4.69) is 32.1 Å². The highest BCUT2D eigenvalue weighted by atomic mass is 16.5. The van der Waals surface area contributed by atoms with Crippen molar-refractivity contribution in [2.24, 2.45) is 7.05 Å². The lowest BCUT2D eigenvalue weighted by molar-refractivity contribution is -0.0747. The fourth-order valence-electron chi connectivity index (χ4n) is 4.11. The minimum Gasteiger partial charge on any atom is -0.375 e. The lowest BCUT2D eigenvalue weighted by Gasteiger charge is -2.40. The number of hydrogen-bond acceptors (Lipinski definition) is 5. The first kappa shape index (κ1) is 16.7. The molecule has 6 nitrogen and oxygen atoms in total. The Balaban J connectivity index is 1.40. The maximum atomic E-state index is 6.13. The van der Waals surface area contributed by atoms with E-state index in [-0.39, 0.29) is 0 Å². The summed E-state index contributed by atoms with van der Waals surface area (Å²) in [6, 6.07) is 4.70. The van der Waals surface area contributed by atoms with Gasteiger partial charge < -0.3 is 4.74 Å². The van der Waals surface area contributed by atoms with Crippen LogP contribution in [0.4, 0.5) is 0 Å². The predicted octanol–water partition coefficient (Wildman–Crippen LogP) is 1.68. The first-order valence-electron chi connectivity index (χ1n) is 9.22. The molecule has 6 heteroatoms. The Morgan fingerprint density at radius 1 is 1.12 bits per heavy atom. The van der Waals surface area contributed by atoms with E-state index in [1.54, 1.807) is 0 Å². The highest BCUT2D eigenvalue weighted by Gasteiger charge is 2.34. The number of rotatable bonds is 4. The molecular formula is C19H27N5O. The van der Waals surface area contributed by atoms with Crippen molar-refractivity contribution in [2.45, 2.75) is 38.1 Å². The molecule has 134 valence electrons. The van der Waals surface area contributed by atoms with Crippen molar-refractivity contribution >= 4 is 0 Å². The van der Waals surface area contributed by atoms with E-state index in [0.717, 1.165) is 52.2 Å². The fraction of sp³-hybridized carbons (Fsp3) is 0.579. The highest BCUT2D eigenvalue weighted by molar-refractivity contribution is 5.09. The molecule has 2 aliphatic heterocycles. The van der Waals surface area contributed by atoms with Crippen LogP contribution in [-0.2, 0) is 24.9 Å². The van der Waals surface area contributed by atoms with Gasteiger partial charge in [0, 0.05) is 70.0 Å². The molecule has 0 aliphatic carbocycles. The summed E-state index contributed by atoms with van der Waals surface area (Å²) in [4.78, 5) is 9.40. The van der Waals surface area contributed by atoms with Crippen molar-refractivity contribution in [3.05, 3.63) is 48.0 Å². The summed E-state index contributed by atoms with van der Waals surface area (Å²) >= 11 is 0. The number of morpholine rings is 1. The normalized spacial score (nSPS) is 25.5. The van der Waals surface area contributed by atoms with Gasteiger partial charge in [0.2, 0.25) is 0 Å². The van der Waals surface area contributed by atoms with Crippen LogP contribution in [0.25, 0.3) is 0 Å². The second-order valence-electron chi connectivity index (χ2n) is 7.18. The molecule has 0 bridgehead atoms. The Labute approximate surface area is 149 Å². The van der Waals surface area contributed by atoms with Crippen molar-refractivity contribution < 1.29 is 4.74 Å². The molecule has 2 fully saturated rings. The van der Waals surface area contributed by atoms with Crippen molar-refractivity contribution in [3.8, 4) is 0 Å². The molecule has 4 rings (SSSR count). The molecule has 2 aromatic rings. The number of aryl methyl sites for hydroxylation is 1. The SMILES string of the molecule is Cn1cc(CN2CCC3OCCN(Cc4cccnc4)C3CC2)cn1. The van der Waals surface area contributed by atoms with Gasteiger partial charge in [0.15, 0.2) is 0 Å². The largest absolute Gasteiger partial charge is 0.375 e. The topological polar surface area (TPSA) is 46.4 Å². The van der Waals surface area contributed by atoms with Crippen LogP contribution in [0, 0.1) is 0 Å². The zero-order valence-electron chi connectivity index (χ0n) is 14.9. The molecule has 2 atom stereocenters. The molecule has 0 amide bonds. The van der Waals surface area contributed by atoms with E-state index < -0.39 is 0 Å². The molecule has 0 saturated carbocycles. The van der Waals surface area contributed by atoms with Crippen LogP contribution in [0.1, 0.15) is 24.0 Å². The predicted molar refractivity (Wildman–Crippen MR) is 95.9 cm³/mol. The molecule has 0 spiro atoms. The number of fused-ring (bicyclic) bond motifs is 1. The Morgan fingerprint density at radius 3 is 2.84 bits per heavy atom. The van der Waals surface area contributed by atoms with Crippen molar-refractivity contribution in [3.63, 3.8) is 0 Å². The number of pyridine rings is 1. The number of hydrogen-bond donors (Lipinski definition) is 0. The van der Waals surface area contributed by atoms with E-state index in [4.69, 9.17) is 4.74 Å². The summed E-state index contributed by atoms with van der Waals surface area (Å²) in [5, 5.41) is 4.29. The number of aromatic nitrogens is 3. The van der Waals surface area contributed by atoms with Crippen LogP contribution in [0.2, 0.25) is 0 Å². The zero-order chi connectivity index (χ0) is 17.1. The van der Waals surface area contributed by atoms with Crippen LogP contribution < -0.4 is 0 Å². The van der Waals surface area contributed by atoms with Gasteiger partial charge in [-0.05, 0) is 24.5 Å². The molecule has 2 aliphatic rings. The van der Waals surface area contributed by atoms with E-state index in [1.807, 2.05) is 36.4 Å². The third-order valence-electron chi connectivity index (χ3n) is 5.35. The molecule has 2 saturated heterocycles. The third kappa shape index (κ3) is 4.08. The van der Waals surface area contributed by atoms with Crippen LogP contribution in [0.15, 0.2) is 36.9 Å². The standard InChI is InChI=1S/C19H27N5O/c1-22-13-17(12-21-22)14-23-7-4-18-19(5-8-23)25-10-9-24(18)15-16-3-2-6-20-11-16/h2-3,6,11-13,18-19H,4-5,7-10,14-15H2,1H3. The second kappa shape index (κ2) is 7.64. The van der Waals surface area contributed by atoms with Crippen molar-refractivity contribution in [1.29, 1.82) is 0 Å². The fourth-order valence-corrected chi connectivity index (χ4v) is 4.11. The van der Waals surface area contributed by atoms with Gasteiger partial charge in [-0.1, -0.05) is 6.07 Å². The van der Waals surface area contributed by atoms with Gasteiger partial charge in [-0.2, -0.15) is 5.10 Å². The Kier molecular flexibility index (Phi) is 5.10. The maximum absolute atomic E-state index is 6.13. The van der Waals surface area contributed by atoms with Gasteiger partial charge in [0.1, 0.15) is 0 Å². The zero-order valence-corrected chi connectivity index (χ0v) is 14.9. The lowest BCUT2D eigenvalue weighted by Crippen LogP contribution is -2.50. The minimum absolute atomic E-state index is 0.351. The number of ether oxygens (including phenoxy) is 1. The second-order valence-corrected chi connectivity index (χ2v) is 7.18. The Hall–Kier alpha value is -1.76. The molecule has 0 N–H and O–H groups in total. The molecule has 2 aromatic heterocycles. The maximum Gasteiger partial charge on any atom is 0.0743 e. The summed E-state index contributed by atoms with van der Waals surface area (Å²) in [7, 11) is 1.98. The summed E-state index contributed by atoms with van der Waals surface area (Å²) in [5.41, 5.74) is 2.58. The third-order valence-corrected chi connectivity index (χ3v) is 5.35. The first-order valence-corrected chi connectivity index (χ1v) is 9.22. The van der Waals surface area contributed by atoms with E-state index >= 15 is 0 Å². The molecule has 2 unspecified atom stereocenters. The van der Waals surface area contributed by atoms with Crippen molar-refractivity contribution in [1.82, 2.24) is 24.6 Å². The Bertz CT molecular complexity index is 673. The van der Waals surface area contributed by atoms with Crippen LogP contribution in [-0.4, -0.2) is 63.0 Å². The van der Waals surface area contributed by atoms with Gasteiger partial charge in [-0.3, -0.25) is 19.5 Å². The highest BCUT2D eigenvalue weighted by Crippen LogP contribution is 2.25. The van der Waals surface area contributed by atoms with Crippen LogP contribution in [0.5, 0.6) is 0 Å². The van der Waals surface area contributed by atoms with Gasteiger partial charge in [0.05, 0.1) is 18.9 Å². The number of nitrogens with zero attached hydrogens (tertiary/aromatic N) is 5. The minimum atomic E-state index is 0.351. The molecular weight excluding hydrogens is 314 g/mol. The molecule has 25 heavy (non-hydrogen) atoms. The summed E-state index contributed by atoms with van der Waals surface area (Å²) in [5.74, 6) is 0. The van der Waals surface area contributed by atoms with Gasteiger partial charge in [0.25, 0.3) is 0 Å². The van der Waals surface area contributed by atoms with E-state index in [0.29, 0.717) is 12.1 Å².